The highest BCUT2D eigenvalue weighted by molar-refractivity contribution is 7.19. The van der Waals surface area contributed by atoms with Crippen LogP contribution in [0.1, 0.15) is 22.8 Å². The standard InChI is InChI=1S/C16H12ClN5O2S/c1-8-20-21-12-7-18-14(9-4-2-3-5-11(9)17)10-6-13(19-16(23)24)25-15(10)22(8)12/h2-6,19H,7H2,1H3,(H,23,24). The van der Waals surface area contributed by atoms with Gasteiger partial charge in [0.05, 0.1) is 5.71 Å². The highest BCUT2D eigenvalue weighted by atomic mass is 35.5. The maximum Gasteiger partial charge on any atom is 0.409 e. The second-order valence-electron chi connectivity index (χ2n) is 5.40. The van der Waals surface area contributed by atoms with Crippen molar-refractivity contribution in [3.63, 3.8) is 0 Å². The first-order valence-corrected chi connectivity index (χ1v) is 8.59. The summed E-state index contributed by atoms with van der Waals surface area (Å²) in [6.45, 7) is 2.22. The Hall–Kier alpha value is -2.71. The van der Waals surface area contributed by atoms with E-state index in [-0.39, 0.29) is 0 Å². The number of aliphatic imine (C=N–C) groups is 1. The highest BCUT2D eigenvalue weighted by Gasteiger charge is 2.25. The van der Waals surface area contributed by atoms with Gasteiger partial charge in [-0.25, -0.2) is 4.79 Å². The zero-order valence-electron chi connectivity index (χ0n) is 13.0. The predicted molar refractivity (Wildman–Crippen MR) is 96.4 cm³/mol. The van der Waals surface area contributed by atoms with E-state index in [4.69, 9.17) is 16.7 Å². The lowest BCUT2D eigenvalue weighted by Gasteiger charge is -2.08. The molecule has 0 saturated carbocycles. The summed E-state index contributed by atoms with van der Waals surface area (Å²) in [5.41, 5.74) is 2.30. The minimum absolute atomic E-state index is 0.366. The number of carboxylic acid groups (broad SMARTS) is 1. The molecule has 25 heavy (non-hydrogen) atoms. The van der Waals surface area contributed by atoms with Gasteiger partial charge in [0, 0.05) is 16.1 Å². The number of aryl methyl sites for hydroxylation is 1. The van der Waals surface area contributed by atoms with Crippen molar-refractivity contribution < 1.29 is 9.90 Å². The number of fused-ring (bicyclic) bond motifs is 3. The molecule has 1 aliphatic heterocycles. The summed E-state index contributed by atoms with van der Waals surface area (Å²) in [5, 5.41) is 21.6. The van der Waals surface area contributed by atoms with E-state index >= 15 is 0 Å². The van der Waals surface area contributed by atoms with E-state index in [1.165, 1.54) is 11.3 Å². The van der Waals surface area contributed by atoms with Gasteiger partial charge in [0.15, 0.2) is 5.82 Å². The number of anilines is 1. The van der Waals surface area contributed by atoms with Crippen LogP contribution in [-0.2, 0) is 6.54 Å². The average Bonchev–Trinajstić information content (AvgIpc) is 3.08. The molecule has 126 valence electrons. The number of amides is 1. The number of nitrogens with zero attached hydrogens (tertiary/aromatic N) is 4. The molecule has 0 fully saturated rings. The Morgan fingerprint density at radius 3 is 2.88 bits per heavy atom. The van der Waals surface area contributed by atoms with E-state index in [9.17, 15) is 4.79 Å². The molecule has 0 saturated heterocycles. The van der Waals surface area contributed by atoms with Gasteiger partial charge in [-0.05, 0) is 19.1 Å². The molecule has 3 heterocycles. The average molecular weight is 374 g/mol. The van der Waals surface area contributed by atoms with Crippen molar-refractivity contribution in [2.24, 2.45) is 4.99 Å². The summed E-state index contributed by atoms with van der Waals surface area (Å²) in [7, 11) is 0. The highest BCUT2D eigenvalue weighted by Crippen LogP contribution is 2.36. The zero-order chi connectivity index (χ0) is 17.6. The first-order chi connectivity index (χ1) is 12.0. The summed E-state index contributed by atoms with van der Waals surface area (Å²) in [6.07, 6.45) is -1.12. The van der Waals surface area contributed by atoms with Crippen molar-refractivity contribution in [1.29, 1.82) is 0 Å². The quantitative estimate of drug-likeness (QED) is 0.715. The monoisotopic (exact) mass is 373 g/mol. The molecule has 2 N–H and O–H groups in total. The number of benzene rings is 1. The molecule has 0 radical (unpaired) electrons. The third-order valence-corrected chi connectivity index (χ3v) is 5.17. The Morgan fingerprint density at radius 1 is 1.32 bits per heavy atom. The van der Waals surface area contributed by atoms with Crippen molar-refractivity contribution in [2.75, 3.05) is 5.32 Å². The van der Waals surface area contributed by atoms with Crippen molar-refractivity contribution in [3.05, 3.63) is 58.1 Å². The summed E-state index contributed by atoms with van der Waals surface area (Å²) in [5.74, 6) is 1.42. The van der Waals surface area contributed by atoms with Crippen molar-refractivity contribution in [3.8, 4) is 5.00 Å². The number of rotatable bonds is 2. The Balaban J connectivity index is 1.95. The van der Waals surface area contributed by atoms with Gasteiger partial charge in [-0.3, -0.25) is 14.9 Å². The SMILES string of the molecule is Cc1nnc2n1-c1sc(NC(=O)O)cc1C(c1ccccc1Cl)=NC2. The van der Waals surface area contributed by atoms with Crippen LogP contribution in [-0.4, -0.2) is 31.7 Å². The van der Waals surface area contributed by atoms with Gasteiger partial charge < -0.3 is 5.11 Å². The third-order valence-electron chi connectivity index (χ3n) is 3.80. The molecule has 1 amide bonds. The molecule has 0 spiro atoms. The number of carbonyl (C=O) groups is 1. The number of thiophene rings is 1. The molecule has 4 rings (SSSR count). The van der Waals surface area contributed by atoms with Gasteiger partial charge in [0.1, 0.15) is 22.4 Å². The number of halogens is 1. The van der Waals surface area contributed by atoms with E-state index in [0.717, 1.165) is 22.0 Å². The third kappa shape index (κ3) is 2.69. The van der Waals surface area contributed by atoms with Crippen LogP contribution in [0.3, 0.4) is 0 Å². The molecule has 0 atom stereocenters. The first-order valence-electron chi connectivity index (χ1n) is 7.39. The second kappa shape index (κ2) is 5.98. The minimum atomic E-state index is -1.12. The summed E-state index contributed by atoms with van der Waals surface area (Å²) < 4.78 is 1.90. The molecule has 2 aromatic heterocycles. The number of nitrogens with one attached hydrogen (secondary N) is 1. The van der Waals surface area contributed by atoms with Crippen molar-refractivity contribution in [1.82, 2.24) is 14.8 Å². The lowest BCUT2D eigenvalue weighted by molar-refractivity contribution is 0.210. The molecular weight excluding hydrogens is 362 g/mol. The maximum absolute atomic E-state index is 11.0. The minimum Gasteiger partial charge on any atom is -0.465 e. The normalized spacial score (nSPS) is 12.8. The maximum atomic E-state index is 11.0. The predicted octanol–water partition coefficient (Wildman–Crippen LogP) is 3.73. The van der Waals surface area contributed by atoms with Crippen molar-refractivity contribution in [2.45, 2.75) is 13.5 Å². The lowest BCUT2D eigenvalue weighted by atomic mass is 10.0. The van der Waals surface area contributed by atoms with Crippen LogP contribution >= 0.6 is 22.9 Å². The summed E-state index contributed by atoms with van der Waals surface area (Å²) in [6, 6.07) is 9.21. The van der Waals surface area contributed by atoms with E-state index in [2.05, 4.69) is 20.5 Å². The zero-order valence-corrected chi connectivity index (χ0v) is 14.6. The van der Waals surface area contributed by atoms with Crippen LogP contribution in [0.4, 0.5) is 9.80 Å². The van der Waals surface area contributed by atoms with E-state index in [0.29, 0.717) is 28.1 Å². The lowest BCUT2D eigenvalue weighted by Crippen LogP contribution is -2.06. The molecule has 0 unspecified atom stereocenters. The van der Waals surface area contributed by atoms with Crippen LogP contribution in [0.2, 0.25) is 5.02 Å². The van der Waals surface area contributed by atoms with Gasteiger partial charge in [0.25, 0.3) is 0 Å². The molecule has 0 bridgehead atoms. The van der Waals surface area contributed by atoms with Crippen LogP contribution in [0.5, 0.6) is 0 Å². The van der Waals surface area contributed by atoms with Gasteiger partial charge in [-0.15, -0.1) is 10.2 Å². The van der Waals surface area contributed by atoms with Gasteiger partial charge in [0.2, 0.25) is 0 Å². The Kier molecular flexibility index (Phi) is 3.78. The van der Waals surface area contributed by atoms with Crippen LogP contribution in [0.15, 0.2) is 35.3 Å². The number of hydrogen-bond donors (Lipinski definition) is 2. The molecule has 0 aliphatic carbocycles. The molecule has 9 heteroatoms. The largest absolute Gasteiger partial charge is 0.465 e. The fourth-order valence-electron chi connectivity index (χ4n) is 2.78. The van der Waals surface area contributed by atoms with Crippen LogP contribution in [0.25, 0.3) is 5.00 Å². The van der Waals surface area contributed by atoms with Gasteiger partial charge in [-0.2, -0.15) is 0 Å². The fraction of sp³-hybridized carbons (Fsp3) is 0.125. The van der Waals surface area contributed by atoms with E-state index in [1.54, 1.807) is 12.1 Å². The van der Waals surface area contributed by atoms with Crippen LogP contribution < -0.4 is 5.32 Å². The second-order valence-corrected chi connectivity index (χ2v) is 6.84. The Morgan fingerprint density at radius 2 is 2.12 bits per heavy atom. The van der Waals surface area contributed by atoms with E-state index < -0.39 is 6.09 Å². The molecule has 7 nitrogen and oxygen atoms in total. The topological polar surface area (TPSA) is 92.4 Å². The Bertz CT molecular complexity index is 1020. The van der Waals surface area contributed by atoms with Crippen molar-refractivity contribution >= 4 is 39.7 Å². The van der Waals surface area contributed by atoms with Crippen LogP contribution in [0, 0.1) is 6.92 Å². The van der Waals surface area contributed by atoms with Gasteiger partial charge >= 0.3 is 6.09 Å². The Labute approximate surface area is 151 Å². The molecule has 1 aromatic carbocycles. The first kappa shape index (κ1) is 15.8. The summed E-state index contributed by atoms with van der Waals surface area (Å²) in [4.78, 5) is 15.7. The smallest absolute Gasteiger partial charge is 0.409 e. The molecule has 1 aliphatic rings. The van der Waals surface area contributed by atoms with Gasteiger partial charge in [-0.1, -0.05) is 41.1 Å². The number of hydrogen-bond acceptors (Lipinski definition) is 5. The molecule has 3 aromatic rings. The molecular formula is C16H12ClN5O2S. The fourth-order valence-corrected chi connectivity index (χ4v) is 4.12. The van der Waals surface area contributed by atoms with E-state index in [1.807, 2.05) is 29.7 Å². The number of aromatic nitrogens is 3. The summed E-state index contributed by atoms with van der Waals surface area (Å²) >= 11 is 7.67.